The van der Waals surface area contributed by atoms with Gasteiger partial charge in [0.05, 0.1) is 0 Å². The van der Waals surface area contributed by atoms with E-state index in [0.717, 1.165) is 0 Å². The van der Waals surface area contributed by atoms with E-state index in [4.69, 9.17) is 14.6 Å². The van der Waals surface area contributed by atoms with Crippen LogP contribution < -0.4 is 0 Å². The number of hydrogen-bond donors (Lipinski definition) is 1. The second-order valence-corrected chi connectivity index (χ2v) is 4.72. The Morgan fingerprint density at radius 3 is 2.47 bits per heavy atom. The SMILES string of the molecule is CC(CCO)COCC(=O)OC(C)(C)C. The van der Waals surface area contributed by atoms with Crippen LogP contribution in [-0.2, 0) is 14.3 Å². The van der Waals surface area contributed by atoms with Crippen LogP contribution in [-0.4, -0.2) is 36.5 Å². The van der Waals surface area contributed by atoms with E-state index in [1.807, 2.05) is 27.7 Å². The topological polar surface area (TPSA) is 55.8 Å². The van der Waals surface area contributed by atoms with Crippen molar-refractivity contribution in [1.29, 1.82) is 0 Å². The molecular formula is C11H22O4. The van der Waals surface area contributed by atoms with Gasteiger partial charge in [0.15, 0.2) is 0 Å². The molecule has 0 radical (unpaired) electrons. The highest BCUT2D eigenvalue weighted by Crippen LogP contribution is 2.07. The van der Waals surface area contributed by atoms with Crippen LogP contribution >= 0.6 is 0 Å². The monoisotopic (exact) mass is 218 g/mol. The summed E-state index contributed by atoms with van der Waals surface area (Å²) in [6, 6.07) is 0. The fraction of sp³-hybridized carbons (Fsp3) is 0.909. The number of carbonyl (C=O) groups is 1. The molecule has 0 aliphatic rings. The van der Waals surface area contributed by atoms with Crippen molar-refractivity contribution in [2.45, 2.75) is 39.7 Å². The third-order valence-electron chi connectivity index (χ3n) is 1.66. The maximum atomic E-state index is 11.2. The molecule has 1 unspecified atom stereocenters. The first kappa shape index (κ1) is 14.4. The molecule has 1 N–H and O–H groups in total. The average Bonchev–Trinajstić information content (AvgIpc) is 2.00. The standard InChI is InChI=1S/C11H22O4/c1-9(5-6-12)7-14-8-10(13)15-11(2,3)4/h9,12H,5-8H2,1-4H3. The zero-order valence-corrected chi connectivity index (χ0v) is 10.1. The Hall–Kier alpha value is -0.610. The zero-order chi connectivity index (χ0) is 11.9. The summed E-state index contributed by atoms with van der Waals surface area (Å²) in [5, 5.41) is 8.65. The number of carbonyl (C=O) groups excluding carboxylic acids is 1. The van der Waals surface area contributed by atoms with Gasteiger partial charge in [-0.3, -0.25) is 0 Å². The van der Waals surface area contributed by atoms with E-state index in [0.29, 0.717) is 13.0 Å². The van der Waals surface area contributed by atoms with Crippen LogP contribution in [0.25, 0.3) is 0 Å². The molecule has 0 aromatic carbocycles. The summed E-state index contributed by atoms with van der Waals surface area (Å²) in [6.45, 7) is 8.02. The van der Waals surface area contributed by atoms with Gasteiger partial charge in [-0.25, -0.2) is 4.79 Å². The Bertz CT molecular complexity index is 184. The molecule has 90 valence electrons. The minimum atomic E-state index is -0.461. The molecule has 0 heterocycles. The summed E-state index contributed by atoms with van der Waals surface area (Å²) in [6.07, 6.45) is 0.689. The molecule has 15 heavy (non-hydrogen) atoms. The van der Waals surface area contributed by atoms with Gasteiger partial charge in [0.1, 0.15) is 12.2 Å². The summed E-state index contributed by atoms with van der Waals surface area (Å²) < 4.78 is 10.2. The van der Waals surface area contributed by atoms with Crippen LogP contribution in [0, 0.1) is 5.92 Å². The van der Waals surface area contributed by atoms with E-state index >= 15 is 0 Å². The highest BCUT2D eigenvalue weighted by atomic mass is 16.6. The van der Waals surface area contributed by atoms with Crippen LogP contribution in [0.5, 0.6) is 0 Å². The summed E-state index contributed by atoms with van der Waals surface area (Å²) in [5.41, 5.74) is -0.461. The van der Waals surface area contributed by atoms with Crippen LogP contribution in [0.3, 0.4) is 0 Å². The van der Waals surface area contributed by atoms with Gasteiger partial charge >= 0.3 is 5.97 Å². The Morgan fingerprint density at radius 1 is 1.40 bits per heavy atom. The molecule has 0 saturated carbocycles. The quantitative estimate of drug-likeness (QED) is 0.684. The van der Waals surface area contributed by atoms with E-state index in [1.54, 1.807) is 0 Å². The maximum Gasteiger partial charge on any atom is 0.332 e. The first-order chi connectivity index (χ1) is 6.85. The third kappa shape index (κ3) is 9.69. The van der Waals surface area contributed by atoms with E-state index < -0.39 is 5.60 Å². The van der Waals surface area contributed by atoms with Crippen molar-refractivity contribution in [2.75, 3.05) is 19.8 Å². The smallest absolute Gasteiger partial charge is 0.332 e. The largest absolute Gasteiger partial charge is 0.458 e. The molecule has 0 aliphatic carbocycles. The minimum absolute atomic E-state index is 0.0208. The van der Waals surface area contributed by atoms with Gasteiger partial charge in [-0.05, 0) is 33.1 Å². The molecule has 0 amide bonds. The molecule has 1 atom stereocenters. The van der Waals surface area contributed by atoms with Gasteiger partial charge in [0, 0.05) is 13.2 Å². The van der Waals surface area contributed by atoms with Crippen molar-refractivity contribution < 1.29 is 19.4 Å². The Kier molecular flexibility index (Phi) is 6.52. The van der Waals surface area contributed by atoms with Gasteiger partial charge in [0.2, 0.25) is 0 Å². The second-order valence-electron chi connectivity index (χ2n) is 4.72. The van der Waals surface area contributed by atoms with Crippen LogP contribution in [0.15, 0.2) is 0 Å². The van der Waals surface area contributed by atoms with Crippen molar-refractivity contribution in [1.82, 2.24) is 0 Å². The highest BCUT2D eigenvalue weighted by molar-refractivity contribution is 5.71. The van der Waals surface area contributed by atoms with E-state index in [1.165, 1.54) is 0 Å². The normalized spacial score (nSPS) is 13.7. The molecule has 0 aromatic heterocycles. The van der Waals surface area contributed by atoms with Crippen molar-refractivity contribution >= 4 is 5.97 Å². The molecule has 0 bridgehead atoms. The average molecular weight is 218 g/mol. The van der Waals surface area contributed by atoms with Gasteiger partial charge in [-0.1, -0.05) is 6.92 Å². The number of hydrogen-bond acceptors (Lipinski definition) is 4. The molecule has 0 rings (SSSR count). The first-order valence-corrected chi connectivity index (χ1v) is 5.25. The number of esters is 1. The molecule has 0 fully saturated rings. The van der Waals surface area contributed by atoms with Gasteiger partial charge in [-0.2, -0.15) is 0 Å². The summed E-state index contributed by atoms with van der Waals surface area (Å²) >= 11 is 0. The fourth-order valence-corrected chi connectivity index (χ4v) is 1.02. The molecular weight excluding hydrogens is 196 g/mol. The Balaban J connectivity index is 3.55. The maximum absolute atomic E-state index is 11.2. The van der Waals surface area contributed by atoms with Gasteiger partial charge < -0.3 is 14.6 Å². The number of aliphatic hydroxyl groups is 1. The zero-order valence-electron chi connectivity index (χ0n) is 10.1. The highest BCUT2D eigenvalue weighted by Gasteiger charge is 2.16. The van der Waals surface area contributed by atoms with Crippen molar-refractivity contribution in [3.63, 3.8) is 0 Å². The van der Waals surface area contributed by atoms with Crippen molar-refractivity contribution in [3.8, 4) is 0 Å². The van der Waals surface area contributed by atoms with Crippen molar-refractivity contribution in [3.05, 3.63) is 0 Å². The first-order valence-electron chi connectivity index (χ1n) is 5.25. The summed E-state index contributed by atoms with van der Waals surface area (Å²) in [4.78, 5) is 11.2. The van der Waals surface area contributed by atoms with Gasteiger partial charge in [-0.15, -0.1) is 0 Å². The Morgan fingerprint density at radius 2 is 2.00 bits per heavy atom. The lowest BCUT2D eigenvalue weighted by atomic mass is 10.1. The van der Waals surface area contributed by atoms with Crippen molar-refractivity contribution in [2.24, 2.45) is 5.92 Å². The van der Waals surface area contributed by atoms with E-state index in [2.05, 4.69) is 0 Å². The lowest BCUT2D eigenvalue weighted by Crippen LogP contribution is -2.27. The van der Waals surface area contributed by atoms with Crippen LogP contribution in [0.1, 0.15) is 34.1 Å². The second kappa shape index (κ2) is 6.80. The fourth-order valence-electron chi connectivity index (χ4n) is 1.02. The lowest BCUT2D eigenvalue weighted by molar-refractivity contribution is -0.160. The molecule has 0 aromatic rings. The lowest BCUT2D eigenvalue weighted by Gasteiger charge is -2.19. The summed E-state index contributed by atoms with van der Waals surface area (Å²) in [7, 11) is 0. The molecule has 4 heteroatoms. The predicted octanol–water partition coefficient (Wildman–Crippen LogP) is 1.36. The minimum Gasteiger partial charge on any atom is -0.458 e. The molecule has 0 aliphatic heterocycles. The molecule has 0 spiro atoms. The summed E-state index contributed by atoms with van der Waals surface area (Å²) in [5.74, 6) is -0.0869. The molecule has 0 saturated heterocycles. The number of aliphatic hydroxyl groups excluding tert-OH is 1. The van der Waals surface area contributed by atoms with Gasteiger partial charge in [0.25, 0.3) is 0 Å². The third-order valence-corrected chi connectivity index (χ3v) is 1.66. The molecule has 4 nitrogen and oxygen atoms in total. The number of ether oxygens (including phenoxy) is 2. The van der Waals surface area contributed by atoms with E-state index in [9.17, 15) is 4.79 Å². The predicted molar refractivity (Wildman–Crippen MR) is 57.5 cm³/mol. The van der Waals surface area contributed by atoms with Crippen LogP contribution in [0.2, 0.25) is 0 Å². The van der Waals surface area contributed by atoms with Crippen LogP contribution in [0.4, 0.5) is 0 Å². The Labute approximate surface area is 91.6 Å². The van der Waals surface area contributed by atoms with E-state index in [-0.39, 0.29) is 25.1 Å². The number of rotatable bonds is 6.